The number of rotatable bonds is 5. The number of nitrogens with zero attached hydrogens (tertiary/aromatic N) is 4. The van der Waals surface area contributed by atoms with E-state index >= 15 is 0 Å². The Morgan fingerprint density at radius 1 is 1.32 bits per heavy atom. The predicted octanol–water partition coefficient (Wildman–Crippen LogP) is 1.57. The van der Waals surface area contributed by atoms with Crippen LogP contribution >= 0.6 is 11.3 Å². The first kappa shape index (κ1) is 15.7. The summed E-state index contributed by atoms with van der Waals surface area (Å²) >= 11 is 1.65. The van der Waals surface area contributed by atoms with Gasteiger partial charge in [-0.2, -0.15) is 0 Å². The molecule has 1 aromatic heterocycles. The summed E-state index contributed by atoms with van der Waals surface area (Å²) in [6, 6.07) is 0. The van der Waals surface area contributed by atoms with Crippen molar-refractivity contribution in [1.29, 1.82) is 0 Å². The van der Waals surface area contributed by atoms with Crippen LogP contribution in [0.25, 0.3) is 0 Å². The van der Waals surface area contributed by atoms with E-state index < -0.39 is 0 Å². The third kappa shape index (κ3) is 2.84. The molecule has 2 aliphatic heterocycles. The quantitative estimate of drug-likeness (QED) is 0.823. The number of methoxy groups -OCH3 is 1. The zero-order valence-corrected chi connectivity index (χ0v) is 14.2. The Morgan fingerprint density at radius 2 is 2.18 bits per heavy atom. The second-order valence-electron chi connectivity index (χ2n) is 6.17. The molecule has 3 rings (SSSR count). The smallest absolute Gasteiger partial charge is 0.230 e. The van der Waals surface area contributed by atoms with Gasteiger partial charge >= 0.3 is 0 Å². The van der Waals surface area contributed by atoms with E-state index in [4.69, 9.17) is 4.74 Å². The summed E-state index contributed by atoms with van der Waals surface area (Å²) in [5, 5.41) is 10.5. The second-order valence-corrected chi connectivity index (χ2v) is 7.21. The monoisotopic (exact) mass is 324 g/mol. The molecule has 1 aromatic rings. The van der Waals surface area contributed by atoms with Gasteiger partial charge in [-0.3, -0.25) is 4.79 Å². The van der Waals surface area contributed by atoms with Gasteiger partial charge < -0.3 is 14.5 Å². The van der Waals surface area contributed by atoms with Gasteiger partial charge in [-0.15, -0.1) is 10.2 Å². The van der Waals surface area contributed by atoms with Crippen molar-refractivity contribution in [1.82, 2.24) is 15.1 Å². The molecule has 6 nitrogen and oxygen atoms in total. The maximum absolute atomic E-state index is 12.9. The fraction of sp³-hybridized carbons (Fsp3) is 0.800. The van der Waals surface area contributed by atoms with Gasteiger partial charge in [0.1, 0.15) is 5.01 Å². The summed E-state index contributed by atoms with van der Waals surface area (Å²) in [7, 11) is 1.68. The molecule has 0 aromatic carbocycles. The van der Waals surface area contributed by atoms with Crippen molar-refractivity contribution in [2.24, 2.45) is 5.41 Å². The number of hydrogen-bond acceptors (Lipinski definition) is 6. The lowest BCUT2D eigenvalue weighted by Crippen LogP contribution is -2.50. The lowest BCUT2D eigenvalue weighted by Gasteiger charge is -2.39. The van der Waals surface area contributed by atoms with Crippen LogP contribution in [0, 0.1) is 5.41 Å². The van der Waals surface area contributed by atoms with Crippen molar-refractivity contribution < 1.29 is 9.53 Å². The summed E-state index contributed by atoms with van der Waals surface area (Å²) in [5.74, 6) is 0.304. The van der Waals surface area contributed by atoms with Crippen LogP contribution in [-0.4, -0.2) is 60.9 Å². The average molecular weight is 324 g/mol. The van der Waals surface area contributed by atoms with Crippen LogP contribution in [0.5, 0.6) is 0 Å². The maximum atomic E-state index is 12.9. The zero-order valence-electron chi connectivity index (χ0n) is 13.4. The largest absolute Gasteiger partial charge is 0.383 e. The Bertz CT molecular complexity index is 535. The molecule has 22 heavy (non-hydrogen) atoms. The molecular weight excluding hydrogens is 300 g/mol. The number of hydrogen-bond donors (Lipinski definition) is 0. The fourth-order valence-electron chi connectivity index (χ4n) is 3.50. The van der Waals surface area contributed by atoms with Crippen LogP contribution in [0.3, 0.4) is 0 Å². The van der Waals surface area contributed by atoms with E-state index in [1.54, 1.807) is 18.4 Å². The highest BCUT2D eigenvalue weighted by Gasteiger charge is 2.48. The van der Waals surface area contributed by atoms with E-state index in [9.17, 15) is 4.79 Å². The summed E-state index contributed by atoms with van der Waals surface area (Å²) in [5.41, 5.74) is -0.218. The first-order chi connectivity index (χ1) is 10.7. The van der Waals surface area contributed by atoms with Crippen LogP contribution in [0.2, 0.25) is 0 Å². The highest BCUT2D eigenvalue weighted by atomic mass is 32.1. The molecular formula is C15H24N4O2S. The third-order valence-corrected chi connectivity index (χ3v) is 5.90. The van der Waals surface area contributed by atoms with Gasteiger partial charge in [0.05, 0.1) is 12.0 Å². The SMILES string of the molecule is CCc1nnc(N2CCC3(CCCN(CCOC)C3=O)C2)s1. The molecule has 1 atom stereocenters. The molecule has 1 spiro atoms. The van der Waals surface area contributed by atoms with Crippen molar-refractivity contribution in [3.63, 3.8) is 0 Å². The number of carbonyl (C=O) groups is 1. The number of anilines is 1. The summed E-state index contributed by atoms with van der Waals surface area (Å²) in [6.45, 7) is 5.96. The molecule has 1 unspecified atom stereocenters. The molecule has 1 amide bonds. The van der Waals surface area contributed by atoms with E-state index in [1.807, 2.05) is 4.90 Å². The molecule has 7 heteroatoms. The topological polar surface area (TPSA) is 58.6 Å². The van der Waals surface area contributed by atoms with Crippen LogP contribution in [0.4, 0.5) is 5.13 Å². The van der Waals surface area contributed by atoms with Crippen molar-refractivity contribution in [3.8, 4) is 0 Å². The normalized spacial score (nSPS) is 25.5. The number of ether oxygens (including phenoxy) is 1. The van der Waals surface area contributed by atoms with Gasteiger partial charge in [0, 0.05) is 33.3 Å². The molecule has 0 radical (unpaired) electrons. The van der Waals surface area contributed by atoms with Crippen molar-refractivity contribution in [2.75, 3.05) is 44.8 Å². The maximum Gasteiger partial charge on any atom is 0.230 e. The van der Waals surface area contributed by atoms with Gasteiger partial charge in [-0.05, 0) is 25.7 Å². The number of carbonyl (C=O) groups excluding carboxylic acids is 1. The minimum absolute atomic E-state index is 0.218. The first-order valence-electron chi connectivity index (χ1n) is 8.04. The standard InChI is InChI=1S/C15H24N4O2S/c1-3-12-16-17-14(22-12)19-8-6-15(11-19)5-4-7-18(13(15)20)9-10-21-2/h3-11H2,1-2H3. The Balaban J connectivity index is 1.70. The molecule has 2 fully saturated rings. The first-order valence-corrected chi connectivity index (χ1v) is 8.86. The zero-order chi connectivity index (χ0) is 15.6. The van der Waals surface area contributed by atoms with E-state index in [-0.39, 0.29) is 5.41 Å². The number of piperidine rings is 1. The second kappa shape index (κ2) is 6.50. The number of aryl methyl sites for hydroxylation is 1. The highest BCUT2D eigenvalue weighted by molar-refractivity contribution is 7.15. The lowest BCUT2D eigenvalue weighted by atomic mass is 9.78. The molecule has 2 saturated heterocycles. The van der Waals surface area contributed by atoms with Crippen molar-refractivity contribution >= 4 is 22.4 Å². The van der Waals surface area contributed by atoms with Crippen molar-refractivity contribution in [3.05, 3.63) is 5.01 Å². The predicted molar refractivity (Wildman–Crippen MR) is 86.2 cm³/mol. The average Bonchev–Trinajstić information content (AvgIpc) is 3.16. The minimum atomic E-state index is -0.218. The Hall–Kier alpha value is -1.21. The Labute approximate surface area is 135 Å². The summed E-state index contributed by atoms with van der Waals surface area (Å²) < 4.78 is 5.13. The van der Waals surface area contributed by atoms with Crippen molar-refractivity contribution in [2.45, 2.75) is 32.6 Å². The molecule has 2 aliphatic rings. The van der Waals surface area contributed by atoms with Crippen LogP contribution in [-0.2, 0) is 16.0 Å². The Morgan fingerprint density at radius 3 is 2.91 bits per heavy atom. The third-order valence-electron chi connectivity index (χ3n) is 4.77. The van der Waals surface area contributed by atoms with Crippen LogP contribution in [0.1, 0.15) is 31.2 Å². The minimum Gasteiger partial charge on any atom is -0.383 e. The molecule has 122 valence electrons. The van der Waals surface area contributed by atoms with Gasteiger partial charge in [0.2, 0.25) is 11.0 Å². The molecule has 3 heterocycles. The molecule has 0 bridgehead atoms. The summed E-state index contributed by atoms with van der Waals surface area (Å²) in [4.78, 5) is 17.1. The van der Waals surface area contributed by atoms with Crippen LogP contribution in [0.15, 0.2) is 0 Å². The molecule has 0 saturated carbocycles. The van der Waals surface area contributed by atoms with Gasteiger partial charge in [-0.1, -0.05) is 18.3 Å². The number of amides is 1. The summed E-state index contributed by atoms with van der Waals surface area (Å²) in [6.07, 6.45) is 3.92. The lowest BCUT2D eigenvalue weighted by molar-refractivity contribution is -0.145. The van der Waals surface area contributed by atoms with E-state index in [0.29, 0.717) is 19.1 Å². The molecule has 0 N–H and O–H groups in total. The van der Waals surface area contributed by atoms with E-state index in [2.05, 4.69) is 22.0 Å². The van der Waals surface area contributed by atoms with E-state index in [1.165, 1.54) is 0 Å². The molecule has 0 aliphatic carbocycles. The van der Waals surface area contributed by atoms with Gasteiger partial charge in [0.25, 0.3) is 0 Å². The number of likely N-dealkylation sites (tertiary alicyclic amines) is 1. The van der Waals surface area contributed by atoms with E-state index in [0.717, 1.165) is 55.5 Å². The van der Waals surface area contributed by atoms with Crippen LogP contribution < -0.4 is 4.90 Å². The highest BCUT2D eigenvalue weighted by Crippen LogP contribution is 2.42. The fourth-order valence-corrected chi connectivity index (χ4v) is 4.30. The number of aromatic nitrogens is 2. The van der Waals surface area contributed by atoms with Gasteiger partial charge in [-0.25, -0.2) is 0 Å². The van der Waals surface area contributed by atoms with Gasteiger partial charge in [0.15, 0.2) is 0 Å². The Kier molecular flexibility index (Phi) is 4.63.